The van der Waals surface area contributed by atoms with Gasteiger partial charge in [-0.2, -0.15) is 0 Å². The third-order valence-corrected chi connectivity index (χ3v) is 3.88. The number of aromatic nitrogens is 2. The first kappa shape index (κ1) is 15.7. The van der Waals surface area contributed by atoms with Crippen molar-refractivity contribution in [1.82, 2.24) is 3.98 Å². The Balaban J connectivity index is 0.000000258. The second-order valence-corrected chi connectivity index (χ2v) is 6.17. The van der Waals surface area contributed by atoms with E-state index in [4.69, 9.17) is 0 Å². The first-order valence-electron chi connectivity index (χ1n) is 4.67. The van der Waals surface area contributed by atoms with Crippen LogP contribution in [0.15, 0.2) is 18.2 Å². The Hall–Kier alpha value is -1.39. The fourth-order valence-corrected chi connectivity index (χ4v) is 2.47. The minimum atomic E-state index is -4.41. The second kappa shape index (κ2) is 6.17. The van der Waals surface area contributed by atoms with Gasteiger partial charge in [-0.25, -0.2) is 8.42 Å². The summed E-state index contributed by atoms with van der Waals surface area (Å²) >= 11 is -0.0333. The van der Waals surface area contributed by atoms with E-state index in [0.717, 1.165) is 12.6 Å². The van der Waals surface area contributed by atoms with Crippen LogP contribution in [-0.2, 0) is 21.6 Å². The zero-order valence-corrected chi connectivity index (χ0v) is 12.4. The summed E-state index contributed by atoms with van der Waals surface area (Å²) in [5, 5.41) is 10.6. The van der Waals surface area contributed by atoms with Gasteiger partial charge in [0.25, 0.3) is 0 Å². The molecule has 0 aliphatic heterocycles. The van der Waals surface area contributed by atoms with Crippen LogP contribution in [-0.4, -0.2) is 43.9 Å². The molecule has 9 nitrogen and oxygen atoms in total. The fraction of sp³-hybridized carbons (Fsp3) is 0.250. The number of aryl methyl sites for hydroxylation is 1. The number of hydrogen-bond donors (Lipinski definition) is 0. The van der Waals surface area contributed by atoms with Crippen molar-refractivity contribution in [3.8, 4) is 0 Å². The van der Waals surface area contributed by atoms with Gasteiger partial charge in [-0.05, 0) is 0 Å². The normalized spacial score (nSPS) is 10.9. The second-order valence-electron chi connectivity index (χ2n) is 3.15. The molecule has 0 aliphatic carbocycles. The van der Waals surface area contributed by atoms with Gasteiger partial charge in [-0.1, -0.05) is 0 Å². The SMILES string of the molecule is COS(=O)(=O)[O-].C[n+]1[se]nc2c([N+](=O)[O-])cccc21. The summed E-state index contributed by atoms with van der Waals surface area (Å²) in [4.78, 5) is 10.2. The van der Waals surface area contributed by atoms with Crippen LogP contribution in [0.5, 0.6) is 0 Å². The molecule has 2 aromatic rings. The third-order valence-electron chi connectivity index (χ3n) is 1.99. The van der Waals surface area contributed by atoms with E-state index in [9.17, 15) is 23.1 Å². The molecular formula is C8H9N3O6SSe. The number of benzene rings is 1. The Morgan fingerprint density at radius 2 is 2.05 bits per heavy atom. The number of non-ortho nitro benzene ring substituents is 1. The molecule has 0 atom stereocenters. The van der Waals surface area contributed by atoms with E-state index in [-0.39, 0.29) is 20.6 Å². The van der Waals surface area contributed by atoms with Crippen LogP contribution in [0.1, 0.15) is 0 Å². The molecule has 104 valence electrons. The average molecular weight is 354 g/mol. The van der Waals surface area contributed by atoms with Crippen LogP contribution in [0.4, 0.5) is 5.69 Å². The van der Waals surface area contributed by atoms with Crippen LogP contribution >= 0.6 is 0 Å². The summed E-state index contributed by atoms with van der Waals surface area (Å²) in [7, 11) is -1.72. The fourth-order valence-electron chi connectivity index (χ4n) is 1.16. The third kappa shape index (κ3) is 4.33. The summed E-state index contributed by atoms with van der Waals surface area (Å²) in [5.74, 6) is 0. The summed E-state index contributed by atoms with van der Waals surface area (Å²) < 4.78 is 37.1. The number of hydrogen-bond acceptors (Lipinski definition) is 7. The molecule has 0 saturated carbocycles. The molecule has 0 bridgehead atoms. The van der Waals surface area contributed by atoms with Gasteiger partial charge in [-0.15, -0.1) is 0 Å². The average Bonchev–Trinajstić information content (AvgIpc) is 2.71. The number of rotatable bonds is 2. The van der Waals surface area contributed by atoms with E-state index in [1.807, 2.05) is 16.7 Å². The molecule has 11 heteroatoms. The van der Waals surface area contributed by atoms with Crippen LogP contribution in [0.2, 0.25) is 0 Å². The van der Waals surface area contributed by atoms with E-state index in [0.29, 0.717) is 5.52 Å². The van der Waals surface area contributed by atoms with Gasteiger partial charge in [-0.3, -0.25) is 4.18 Å². The molecule has 0 fully saturated rings. The van der Waals surface area contributed by atoms with E-state index in [2.05, 4.69) is 8.16 Å². The van der Waals surface area contributed by atoms with Gasteiger partial charge in [0.05, 0.1) is 7.11 Å². The molecule has 1 heterocycles. The molecule has 0 spiro atoms. The van der Waals surface area contributed by atoms with Crippen molar-refractivity contribution in [3.63, 3.8) is 0 Å². The Labute approximate surface area is 114 Å². The summed E-state index contributed by atoms with van der Waals surface area (Å²) in [5.41, 5.74) is 1.48. The van der Waals surface area contributed by atoms with Crippen LogP contribution < -0.4 is 3.56 Å². The Bertz CT molecular complexity index is 698. The van der Waals surface area contributed by atoms with E-state index >= 15 is 0 Å². The van der Waals surface area contributed by atoms with Crippen molar-refractivity contribution in [2.24, 2.45) is 7.05 Å². The molecule has 0 radical (unpaired) electrons. The maximum absolute atomic E-state index is 10.6. The van der Waals surface area contributed by atoms with Gasteiger partial charge in [0, 0.05) is 0 Å². The van der Waals surface area contributed by atoms with Crippen LogP contribution in [0.3, 0.4) is 0 Å². The molecule has 1 aromatic carbocycles. The number of fused-ring (bicyclic) bond motifs is 1. The zero-order valence-electron chi connectivity index (χ0n) is 9.84. The predicted molar refractivity (Wildman–Crippen MR) is 63.2 cm³/mol. The molecule has 0 N–H and O–H groups in total. The van der Waals surface area contributed by atoms with Crippen LogP contribution in [0, 0.1) is 10.1 Å². The molecule has 0 aliphatic rings. The Morgan fingerprint density at radius 3 is 2.53 bits per heavy atom. The number of nitro benzene ring substituents is 1. The van der Waals surface area contributed by atoms with Gasteiger partial charge >= 0.3 is 79.5 Å². The Kier molecular flexibility index (Phi) is 5.09. The summed E-state index contributed by atoms with van der Waals surface area (Å²) in [6, 6.07) is 5.02. The van der Waals surface area contributed by atoms with Gasteiger partial charge in [0.1, 0.15) is 0 Å². The molecule has 0 amide bonds. The maximum atomic E-state index is 10.6. The van der Waals surface area contributed by atoms with Gasteiger partial charge < -0.3 is 4.55 Å². The zero-order chi connectivity index (χ0) is 14.6. The standard InChI is InChI=1S/C7H6N3O2Se.CH4O4S/c1-9-5-3-2-4-6(10(11)12)7(5)8-13-9;1-5-6(2,3)4/h2-4H,1H3;1H3,(H,2,3,4)/q+1;/p-1. The molecule has 2 rings (SSSR count). The first-order valence-corrected chi connectivity index (χ1v) is 7.53. The summed E-state index contributed by atoms with van der Waals surface area (Å²) in [6.07, 6.45) is 0. The van der Waals surface area contributed by atoms with Crippen molar-refractivity contribution >= 4 is 42.1 Å². The molecule has 19 heavy (non-hydrogen) atoms. The van der Waals surface area contributed by atoms with Crippen molar-refractivity contribution in [2.75, 3.05) is 7.11 Å². The van der Waals surface area contributed by atoms with Gasteiger partial charge in [0.15, 0.2) is 0 Å². The van der Waals surface area contributed by atoms with Crippen molar-refractivity contribution in [2.45, 2.75) is 0 Å². The van der Waals surface area contributed by atoms with Gasteiger partial charge in [0.2, 0.25) is 10.4 Å². The monoisotopic (exact) mass is 355 g/mol. The predicted octanol–water partition coefficient (Wildman–Crippen LogP) is -0.882. The molecule has 1 aromatic heterocycles. The molecule has 0 unspecified atom stereocenters. The van der Waals surface area contributed by atoms with Crippen molar-refractivity contribution in [3.05, 3.63) is 28.3 Å². The quantitative estimate of drug-likeness (QED) is 0.225. The molecular weight excluding hydrogens is 345 g/mol. The topological polar surface area (TPSA) is 126 Å². The first-order chi connectivity index (χ1) is 8.76. The number of nitrogens with zero attached hydrogens (tertiary/aromatic N) is 3. The Morgan fingerprint density at radius 1 is 1.47 bits per heavy atom. The van der Waals surface area contributed by atoms with Crippen molar-refractivity contribution in [1.29, 1.82) is 0 Å². The summed E-state index contributed by atoms with van der Waals surface area (Å²) in [6.45, 7) is 0. The number of nitro groups is 1. The minimum absolute atomic E-state index is 0.0333. The van der Waals surface area contributed by atoms with E-state index < -0.39 is 15.3 Å². The van der Waals surface area contributed by atoms with E-state index in [1.54, 1.807) is 6.07 Å². The van der Waals surface area contributed by atoms with E-state index in [1.165, 1.54) is 6.07 Å². The van der Waals surface area contributed by atoms with Crippen molar-refractivity contribution < 1.29 is 25.6 Å². The molecule has 0 saturated heterocycles. The van der Waals surface area contributed by atoms with Crippen LogP contribution in [0.25, 0.3) is 11.0 Å².